The molecule has 0 bridgehead atoms. The zero-order valence-corrected chi connectivity index (χ0v) is 14.9. The van der Waals surface area contributed by atoms with Crippen molar-refractivity contribution < 1.29 is 0 Å². The van der Waals surface area contributed by atoms with Crippen LogP contribution in [0.3, 0.4) is 0 Å². The Bertz CT molecular complexity index is 422. The summed E-state index contributed by atoms with van der Waals surface area (Å²) in [4.78, 5) is 2.63. The van der Waals surface area contributed by atoms with Crippen LogP contribution in [-0.4, -0.2) is 24.5 Å². The minimum absolute atomic E-state index is 0.702. The van der Waals surface area contributed by atoms with E-state index in [4.69, 9.17) is 17.3 Å². The largest absolute Gasteiger partial charge is 0.330 e. The summed E-state index contributed by atoms with van der Waals surface area (Å²) in [6.07, 6.45) is 5.32. The van der Waals surface area contributed by atoms with Gasteiger partial charge in [0.15, 0.2) is 0 Å². The molecular weight excluding hydrogens is 292 g/mol. The van der Waals surface area contributed by atoms with Gasteiger partial charge >= 0.3 is 0 Å². The number of nitrogens with zero attached hydrogens (tertiary/aromatic N) is 1. The summed E-state index contributed by atoms with van der Waals surface area (Å²) in [5, 5.41) is 0.819. The van der Waals surface area contributed by atoms with E-state index in [2.05, 4.69) is 30.9 Å². The van der Waals surface area contributed by atoms with Crippen molar-refractivity contribution in [2.75, 3.05) is 19.6 Å². The highest BCUT2D eigenvalue weighted by atomic mass is 35.5. The van der Waals surface area contributed by atoms with Crippen LogP contribution >= 0.6 is 11.6 Å². The van der Waals surface area contributed by atoms with Gasteiger partial charge in [-0.2, -0.15) is 0 Å². The van der Waals surface area contributed by atoms with Crippen molar-refractivity contribution in [2.45, 2.75) is 46.1 Å². The molecule has 0 saturated heterocycles. The average molecular weight is 323 g/mol. The van der Waals surface area contributed by atoms with Crippen LogP contribution in [-0.2, 0) is 6.54 Å². The number of halogens is 1. The smallest absolute Gasteiger partial charge is 0.0406 e. The highest BCUT2D eigenvalue weighted by Crippen LogP contribution is 2.29. The van der Waals surface area contributed by atoms with E-state index >= 15 is 0 Å². The van der Waals surface area contributed by atoms with Crippen LogP contribution in [0.4, 0.5) is 0 Å². The number of nitrogens with two attached hydrogens (primary N) is 1. The summed E-state index contributed by atoms with van der Waals surface area (Å²) in [5.41, 5.74) is 7.17. The van der Waals surface area contributed by atoms with E-state index in [9.17, 15) is 0 Å². The monoisotopic (exact) mass is 322 g/mol. The zero-order valence-electron chi connectivity index (χ0n) is 14.1. The molecule has 1 aliphatic carbocycles. The molecule has 2 N–H and O–H groups in total. The van der Waals surface area contributed by atoms with Gasteiger partial charge < -0.3 is 5.73 Å². The molecule has 1 aromatic carbocycles. The van der Waals surface area contributed by atoms with E-state index in [0.717, 1.165) is 29.9 Å². The molecule has 2 nitrogen and oxygen atoms in total. The van der Waals surface area contributed by atoms with E-state index in [-0.39, 0.29) is 0 Å². The minimum atomic E-state index is 0.702. The molecule has 0 atom stereocenters. The summed E-state index contributed by atoms with van der Waals surface area (Å²) in [6.45, 7) is 8.90. The topological polar surface area (TPSA) is 29.3 Å². The molecule has 0 aliphatic heterocycles. The fourth-order valence-electron chi connectivity index (χ4n) is 3.58. The fourth-order valence-corrected chi connectivity index (χ4v) is 3.71. The zero-order chi connectivity index (χ0) is 15.9. The summed E-state index contributed by atoms with van der Waals surface area (Å²) < 4.78 is 0. The Balaban J connectivity index is 1.90. The lowest BCUT2D eigenvalue weighted by Crippen LogP contribution is -2.34. The first-order chi connectivity index (χ1) is 10.6. The standard InChI is InChI=1S/C19H31ClN2/c1-15(2)12-22(14-18-7-9-19(20)10-8-18)13-17-5-3-16(11-21)4-6-17/h7-10,15-17H,3-6,11-14,21H2,1-2H3. The van der Waals surface area contributed by atoms with Crippen LogP contribution in [0.25, 0.3) is 0 Å². The van der Waals surface area contributed by atoms with E-state index < -0.39 is 0 Å². The second-order valence-electron chi connectivity index (χ2n) is 7.34. The average Bonchev–Trinajstić information content (AvgIpc) is 2.50. The lowest BCUT2D eigenvalue weighted by Gasteiger charge is -2.33. The predicted octanol–water partition coefficient (Wildman–Crippen LogP) is 4.56. The molecule has 0 aromatic heterocycles. The Morgan fingerprint density at radius 3 is 2.23 bits per heavy atom. The van der Waals surface area contributed by atoms with Crippen LogP contribution in [0.15, 0.2) is 24.3 Å². The molecule has 0 heterocycles. The van der Waals surface area contributed by atoms with E-state index in [1.54, 1.807) is 0 Å². The third kappa shape index (κ3) is 5.91. The quantitative estimate of drug-likeness (QED) is 0.797. The maximum Gasteiger partial charge on any atom is 0.0406 e. The van der Waals surface area contributed by atoms with Gasteiger partial charge in [-0.1, -0.05) is 37.6 Å². The van der Waals surface area contributed by atoms with Gasteiger partial charge in [-0.3, -0.25) is 4.90 Å². The normalized spacial score (nSPS) is 22.5. The van der Waals surface area contributed by atoms with Crippen molar-refractivity contribution >= 4 is 11.6 Å². The Morgan fingerprint density at radius 1 is 1.09 bits per heavy atom. The first-order valence-electron chi connectivity index (χ1n) is 8.73. The summed E-state index contributed by atoms with van der Waals surface area (Å²) in [7, 11) is 0. The predicted molar refractivity (Wildman–Crippen MR) is 96.1 cm³/mol. The summed E-state index contributed by atoms with van der Waals surface area (Å²) >= 11 is 5.99. The molecule has 124 valence electrons. The molecule has 2 rings (SSSR count). The van der Waals surface area contributed by atoms with Crippen molar-refractivity contribution in [3.8, 4) is 0 Å². The molecule has 1 fully saturated rings. The highest BCUT2D eigenvalue weighted by molar-refractivity contribution is 6.30. The van der Waals surface area contributed by atoms with Gasteiger partial charge in [-0.25, -0.2) is 0 Å². The molecule has 0 amide bonds. The Morgan fingerprint density at radius 2 is 1.68 bits per heavy atom. The number of hydrogen-bond donors (Lipinski definition) is 1. The Hall–Kier alpha value is -0.570. The number of rotatable bonds is 7. The summed E-state index contributed by atoms with van der Waals surface area (Å²) in [6, 6.07) is 8.30. The van der Waals surface area contributed by atoms with Gasteiger partial charge in [-0.15, -0.1) is 0 Å². The van der Waals surface area contributed by atoms with Gasteiger partial charge in [0, 0.05) is 24.7 Å². The SMILES string of the molecule is CC(C)CN(Cc1ccc(Cl)cc1)CC1CCC(CN)CC1. The molecule has 0 spiro atoms. The lowest BCUT2D eigenvalue weighted by atomic mass is 9.81. The molecular formula is C19H31ClN2. The van der Waals surface area contributed by atoms with Gasteiger partial charge in [-0.05, 0) is 67.7 Å². The fraction of sp³-hybridized carbons (Fsp3) is 0.684. The van der Waals surface area contributed by atoms with Crippen molar-refractivity contribution in [1.29, 1.82) is 0 Å². The first-order valence-corrected chi connectivity index (χ1v) is 9.11. The van der Waals surface area contributed by atoms with Crippen molar-refractivity contribution in [3.05, 3.63) is 34.9 Å². The lowest BCUT2D eigenvalue weighted by molar-refractivity contribution is 0.162. The Kier molecular flexibility index (Phi) is 7.20. The highest BCUT2D eigenvalue weighted by Gasteiger charge is 2.22. The Labute approximate surface area is 141 Å². The second kappa shape index (κ2) is 8.90. The molecule has 22 heavy (non-hydrogen) atoms. The van der Waals surface area contributed by atoms with Crippen molar-refractivity contribution in [3.63, 3.8) is 0 Å². The number of benzene rings is 1. The van der Waals surface area contributed by atoms with Crippen LogP contribution in [0.2, 0.25) is 5.02 Å². The van der Waals surface area contributed by atoms with E-state index in [1.165, 1.54) is 44.3 Å². The van der Waals surface area contributed by atoms with Crippen LogP contribution < -0.4 is 5.73 Å². The van der Waals surface area contributed by atoms with Gasteiger partial charge in [0.05, 0.1) is 0 Å². The summed E-state index contributed by atoms with van der Waals surface area (Å²) in [5.74, 6) is 2.31. The van der Waals surface area contributed by atoms with E-state index in [0.29, 0.717) is 5.92 Å². The third-order valence-corrected chi connectivity index (χ3v) is 5.01. The van der Waals surface area contributed by atoms with Crippen molar-refractivity contribution in [2.24, 2.45) is 23.5 Å². The van der Waals surface area contributed by atoms with Crippen LogP contribution in [0.5, 0.6) is 0 Å². The van der Waals surface area contributed by atoms with Crippen LogP contribution in [0.1, 0.15) is 45.1 Å². The molecule has 1 aromatic rings. The maximum absolute atomic E-state index is 5.99. The molecule has 1 saturated carbocycles. The first kappa shape index (κ1) is 17.8. The molecule has 0 radical (unpaired) electrons. The van der Waals surface area contributed by atoms with E-state index in [1.807, 2.05) is 12.1 Å². The van der Waals surface area contributed by atoms with Gasteiger partial charge in [0.1, 0.15) is 0 Å². The second-order valence-corrected chi connectivity index (χ2v) is 7.77. The maximum atomic E-state index is 5.99. The van der Waals surface area contributed by atoms with Gasteiger partial charge in [0.25, 0.3) is 0 Å². The third-order valence-electron chi connectivity index (χ3n) is 4.76. The van der Waals surface area contributed by atoms with Crippen molar-refractivity contribution in [1.82, 2.24) is 4.90 Å². The van der Waals surface area contributed by atoms with Gasteiger partial charge in [0.2, 0.25) is 0 Å². The minimum Gasteiger partial charge on any atom is -0.330 e. The number of hydrogen-bond acceptors (Lipinski definition) is 2. The molecule has 1 aliphatic rings. The molecule has 3 heteroatoms. The molecule has 0 unspecified atom stereocenters. The van der Waals surface area contributed by atoms with Crippen LogP contribution in [0, 0.1) is 17.8 Å².